The first-order valence-corrected chi connectivity index (χ1v) is 6.76. The van der Waals surface area contributed by atoms with E-state index in [1.54, 1.807) is 6.92 Å². The molecule has 18 heavy (non-hydrogen) atoms. The largest absolute Gasteiger partial charge is 0.274 e. The Kier molecular flexibility index (Phi) is 4.44. The van der Waals surface area contributed by atoms with Gasteiger partial charge in [0.1, 0.15) is 0 Å². The van der Waals surface area contributed by atoms with Gasteiger partial charge in [-0.2, -0.15) is 0 Å². The van der Waals surface area contributed by atoms with E-state index in [1.807, 2.05) is 4.90 Å². The van der Waals surface area contributed by atoms with Crippen LogP contribution in [0.4, 0.5) is 4.39 Å². The molecule has 2 radical (unpaired) electrons. The van der Waals surface area contributed by atoms with Crippen LogP contribution in [0.25, 0.3) is 0 Å². The molecule has 1 fully saturated rings. The fourth-order valence-corrected chi connectivity index (χ4v) is 2.65. The standard InChI is InChI=1S/C15H21BFN/c1-11-7-13(5-6-16)3-4-15(11)8-14-9-18(10-14)12(2)17/h3-4,7,12,14H,5-6,8-10H2,1-2H3. The lowest BCUT2D eigenvalue weighted by Gasteiger charge is -2.40. The smallest absolute Gasteiger partial charge is 0.150 e. The monoisotopic (exact) mass is 245 g/mol. The quantitative estimate of drug-likeness (QED) is 0.569. The minimum Gasteiger partial charge on any atom is -0.274 e. The maximum absolute atomic E-state index is 13.0. The first-order chi connectivity index (χ1) is 8.60. The summed E-state index contributed by atoms with van der Waals surface area (Å²) in [5, 5.41) is 0. The lowest BCUT2D eigenvalue weighted by atomic mass is 9.88. The van der Waals surface area contributed by atoms with E-state index in [-0.39, 0.29) is 0 Å². The highest BCUT2D eigenvalue weighted by Gasteiger charge is 2.30. The van der Waals surface area contributed by atoms with Crippen LogP contribution < -0.4 is 0 Å². The molecule has 1 aliphatic rings. The van der Waals surface area contributed by atoms with Crippen LogP contribution in [0.2, 0.25) is 6.32 Å². The van der Waals surface area contributed by atoms with Crippen LogP contribution >= 0.6 is 0 Å². The van der Waals surface area contributed by atoms with Crippen molar-refractivity contribution in [1.29, 1.82) is 0 Å². The fraction of sp³-hybridized carbons (Fsp3) is 0.600. The van der Waals surface area contributed by atoms with Crippen molar-refractivity contribution >= 4 is 7.85 Å². The summed E-state index contributed by atoms with van der Waals surface area (Å²) in [5.74, 6) is 0.613. The molecule has 0 aromatic heterocycles. The fourth-order valence-electron chi connectivity index (χ4n) is 2.65. The van der Waals surface area contributed by atoms with Gasteiger partial charge in [-0.15, -0.1) is 0 Å². The van der Waals surface area contributed by atoms with Crippen molar-refractivity contribution in [2.24, 2.45) is 5.92 Å². The molecule has 0 saturated carbocycles. The Morgan fingerprint density at radius 2 is 2.17 bits per heavy atom. The highest BCUT2D eigenvalue weighted by molar-refractivity contribution is 6.08. The average molecular weight is 245 g/mol. The molecule has 1 unspecified atom stereocenters. The summed E-state index contributed by atoms with van der Waals surface area (Å²) in [4.78, 5) is 1.88. The number of hydrogen-bond acceptors (Lipinski definition) is 1. The van der Waals surface area contributed by atoms with Gasteiger partial charge in [0.05, 0.1) is 7.85 Å². The summed E-state index contributed by atoms with van der Waals surface area (Å²) < 4.78 is 13.0. The summed E-state index contributed by atoms with van der Waals surface area (Å²) in [6.45, 7) is 5.55. The van der Waals surface area contributed by atoms with Gasteiger partial charge in [0.2, 0.25) is 0 Å². The van der Waals surface area contributed by atoms with Crippen molar-refractivity contribution in [2.75, 3.05) is 13.1 Å². The van der Waals surface area contributed by atoms with Crippen LogP contribution in [-0.4, -0.2) is 32.1 Å². The zero-order valence-corrected chi connectivity index (χ0v) is 11.3. The summed E-state index contributed by atoms with van der Waals surface area (Å²) >= 11 is 0. The molecule has 3 heteroatoms. The Balaban J connectivity index is 1.91. The van der Waals surface area contributed by atoms with Gasteiger partial charge >= 0.3 is 0 Å². The summed E-state index contributed by atoms with van der Waals surface area (Å²) in [6, 6.07) is 6.61. The van der Waals surface area contributed by atoms with Crippen LogP contribution in [0.3, 0.4) is 0 Å². The number of aryl methyl sites for hydroxylation is 2. The lowest BCUT2D eigenvalue weighted by molar-refractivity contribution is -0.00256. The minimum absolute atomic E-state index is 0.613. The Bertz CT molecular complexity index is 399. The Hall–Kier alpha value is -0.825. The first-order valence-electron chi connectivity index (χ1n) is 6.76. The molecular formula is C15H21BFN. The van der Waals surface area contributed by atoms with Gasteiger partial charge in [0.25, 0.3) is 0 Å². The van der Waals surface area contributed by atoms with Crippen molar-refractivity contribution in [3.63, 3.8) is 0 Å². The van der Waals surface area contributed by atoms with Crippen LogP contribution in [0.5, 0.6) is 0 Å². The van der Waals surface area contributed by atoms with Gasteiger partial charge in [0, 0.05) is 13.1 Å². The molecule has 96 valence electrons. The second kappa shape index (κ2) is 5.88. The summed E-state index contributed by atoms with van der Waals surface area (Å²) in [6.07, 6.45) is 1.91. The maximum Gasteiger partial charge on any atom is 0.150 e. The maximum atomic E-state index is 13.0. The number of likely N-dealkylation sites (tertiary alicyclic amines) is 1. The van der Waals surface area contributed by atoms with E-state index < -0.39 is 6.30 Å². The molecule has 0 N–H and O–H groups in total. The van der Waals surface area contributed by atoms with Gasteiger partial charge < -0.3 is 0 Å². The number of nitrogens with zero attached hydrogens (tertiary/aromatic N) is 1. The third kappa shape index (κ3) is 3.14. The third-order valence-electron chi connectivity index (χ3n) is 3.84. The van der Waals surface area contributed by atoms with Gasteiger partial charge in [-0.25, -0.2) is 4.39 Å². The lowest BCUT2D eigenvalue weighted by Crippen LogP contribution is -2.50. The first kappa shape index (κ1) is 13.6. The minimum atomic E-state index is -0.797. The SMILES string of the molecule is [B]CCc1ccc(CC2CN(C(C)F)C2)c(C)c1. The highest BCUT2D eigenvalue weighted by Crippen LogP contribution is 2.24. The van der Waals surface area contributed by atoms with Gasteiger partial charge in [-0.1, -0.05) is 24.5 Å². The van der Waals surface area contributed by atoms with Crippen LogP contribution in [0.1, 0.15) is 23.6 Å². The molecule has 1 heterocycles. The number of alkyl halides is 1. The van der Waals surface area contributed by atoms with Crippen molar-refractivity contribution < 1.29 is 4.39 Å². The number of hydrogen-bond donors (Lipinski definition) is 0. The van der Waals surface area contributed by atoms with E-state index in [2.05, 4.69) is 25.1 Å². The van der Waals surface area contributed by atoms with Gasteiger partial charge in [-0.05, 0) is 49.3 Å². The number of rotatable bonds is 5. The highest BCUT2D eigenvalue weighted by atomic mass is 19.1. The molecule has 1 aromatic carbocycles. The zero-order chi connectivity index (χ0) is 13.1. The van der Waals surface area contributed by atoms with Gasteiger partial charge in [-0.3, -0.25) is 4.90 Å². The molecule has 0 amide bonds. The number of halogens is 1. The molecule has 1 atom stereocenters. The number of benzene rings is 1. The van der Waals surface area contributed by atoms with E-state index >= 15 is 0 Å². The molecular weight excluding hydrogens is 224 g/mol. The molecule has 2 rings (SSSR count). The Labute approximate surface area is 111 Å². The van der Waals surface area contributed by atoms with Crippen LogP contribution in [0, 0.1) is 12.8 Å². The van der Waals surface area contributed by atoms with Crippen LogP contribution in [0.15, 0.2) is 18.2 Å². The second-order valence-corrected chi connectivity index (χ2v) is 5.40. The van der Waals surface area contributed by atoms with E-state index in [1.165, 1.54) is 16.7 Å². The van der Waals surface area contributed by atoms with Crippen molar-refractivity contribution in [1.82, 2.24) is 4.90 Å². The Morgan fingerprint density at radius 1 is 1.44 bits per heavy atom. The van der Waals surface area contributed by atoms with E-state index in [0.29, 0.717) is 12.2 Å². The van der Waals surface area contributed by atoms with E-state index in [9.17, 15) is 4.39 Å². The van der Waals surface area contributed by atoms with E-state index in [4.69, 9.17) is 7.85 Å². The van der Waals surface area contributed by atoms with Crippen LogP contribution in [-0.2, 0) is 12.8 Å². The molecule has 1 aliphatic heterocycles. The van der Waals surface area contributed by atoms with Crippen molar-refractivity contribution in [2.45, 2.75) is 39.3 Å². The van der Waals surface area contributed by atoms with Gasteiger partial charge in [0.15, 0.2) is 6.30 Å². The Morgan fingerprint density at radius 3 is 2.72 bits per heavy atom. The second-order valence-electron chi connectivity index (χ2n) is 5.40. The predicted molar refractivity (Wildman–Crippen MR) is 74.8 cm³/mol. The molecule has 1 aromatic rings. The normalized spacial score (nSPS) is 18.6. The molecule has 1 saturated heterocycles. The molecule has 0 aliphatic carbocycles. The molecule has 0 bridgehead atoms. The topological polar surface area (TPSA) is 3.24 Å². The predicted octanol–water partition coefficient (Wildman–Crippen LogP) is 2.91. The third-order valence-corrected chi connectivity index (χ3v) is 3.84. The summed E-state index contributed by atoms with van der Waals surface area (Å²) in [5.41, 5.74) is 4.05. The molecule has 1 nitrogen and oxygen atoms in total. The molecule has 0 spiro atoms. The zero-order valence-electron chi connectivity index (χ0n) is 11.3. The summed E-state index contributed by atoms with van der Waals surface area (Å²) in [7, 11) is 5.56. The average Bonchev–Trinajstić information content (AvgIpc) is 2.25. The van der Waals surface area contributed by atoms with E-state index in [0.717, 1.165) is 25.9 Å². The van der Waals surface area contributed by atoms with Crippen molar-refractivity contribution in [3.8, 4) is 0 Å². The van der Waals surface area contributed by atoms with Crippen molar-refractivity contribution in [3.05, 3.63) is 34.9 Å².